The second-order valence-corrected chi connectivity index (χ2v) is 8.24. The topological polar surface area (TPSA) is 129 Å². The van der Waals surface area contributed by atoms with Gasteiger partial charge in [-0.25, -0.2) is 0 Å². The third-order valence-electron chi connectivity index (χ3n) is 5.92. The van der Waals surface area contributed by atoms with Gasteiger partial charge < -0.3 is 25.3 Å². The minimum Gasteiger partial charge on any atom is -0.495 e. The number of rotatable bonds is 8. The Balaban J connectivity index is 1.43. The molecule has 1 aliphatic heterocycles. The summed E-state index contributed by atoms with van der Waals surface area (Å²) in [5.74, 6) is 0.631. The van der Waals surface area contributed by atoms with E-state index in [9.17, 15) is 9.59 Å². The molecule has 1 aliphatic rings. The first-order valence-electron chi connectivity index (χ1n) is 11.3. The van der Waals surface area contributed by atoms with Crippen LogP contribution in [0.1, 0.15) is 27.2 Å². The molecular formula is C27H24N4O5. The van der Waals surface area contributed by atoms with E-state index in [0.717, 1.165) is 11.1 Å². The summed E-state index contributed by atoms with van der Waals surface area (Å²) in [6.45, 7) is 0.205. The zero-order valence-electron chi connectivity index (χ0n) is 19.5. The number of amides is 2. The molecule has 4 N–H and O–H groups in total. The number of carbonyl (C=O) groups is 2. The second-order valence-electron chi connectivity index (χ2n) is 8.24. The Morgan fingerprint density at radius 3 is 2.69 bits per heavy atom. The highest BCUT2D eigenvalue weighted by molar-refractivity contribution is 6.06. The summed E-state index contributed by atoms with van der Waals surface area (Å²) >= 11 is 0. The van der Waals surface area contributed by atoms with Crippen molar-refractivity contribution in [1.82, 2.24) is 15.5 Å². The van der Waals surface area contributed by atoms with Gasteiger partial charge in [-0.05, 0) is 41.5 Å². The Bertz CT molecular complexity index is 1460. The molecule has 0 bridgehead atoms. The molecule has 0 spiro atoms. The van der Waals surface area contributed by atoms with Crippen LogP contribution in [0.2, 0.25) is 0 Å². The quantitative estimate of drug-likeness (QED) is 0.352. The highest BCUT2D eigenvalue weighted by atomic mass is 16.7. The zero-order chi connectivity index (χ0) is 25.1. The first-order chi connectivity index (χ1) is 17.5. The van der Waals surface area contributed by atoms with Gasteiger partial charge in [0.2, 0.25) is 12.7 Å². The first kappa shape index (κ1) is 23.0. The van der Waals surface area contributed by atoms with E-state index in [2.05, 4.69) is 15.5 Å². The Hall–Kier alpha value is -4.79. The van der Waals surface area contributed by atoms with Crippen LogP contribution in [0.15, 0.2) is 60.7 Å². The van der Waals surface area contributed by atoms with E-state index in [1.807, 2.05) is 60.7 Å². The summed E-state index contributed by atoms with van der Waals surface area (Å²) in [6.07, 6.45) is 3.98. The van der Waals surface area contributed by atoms with Crippen molar-refractivity contribution in [3.8, 4) is 17.2 Å². The van der Waals surface area contributed by atoms with Crippen molar-refractivity contribution in [2.24, 2.45) is 5.73 Å². The van der Waals surface area contributed by atoms with Gasteiger partial charge in [0.15, 0.2) is 11.5 Å². The lowest BCUT2D eigenvalue weighted by Crippen LogP contribution is -2.45. The number of aromatic nitrogens is 2. The number of nitrogens with two attached hydrogens (primary N) is 1. The SMILES string of the molecule is COc1c(C(=O)NC(Cc2ccccc2)C(N)=O)ccc2[nH]nc(C=Cc3ccc4c(c3)OCO4)c12. The Kier molecular flexibility index (Phi) is 6.27. The molecule has 36 heavy (non-hydrogen) atoms. The molecule has 9 heteroatoms. The van der Waals surface area contributed by atoms with Crippen LogP contribution in [0.25, 0.3) is 23.1 Å². The highest BCUT2D eigenvalue weighted by Crippen LogP contribution is 2.34. The van der Waals surface area contributed by atoms with Crippen LogP contribution < -0.4 is 25.3 Å². The predicted octanol–water partition coefficient (Wildman–Crippen LogP) is 3.30. The molecule has 9 nitrogen and oxygen atoms in total. The lowest BCUT2D eigenvalue weighted by Gasteiger charge is -2.17. The maximum absolute atomic E-state index is 13.2. The van der Waals surface area contributed by atoms with Gasteiger partial charge >= 0.3 is 0 Å². The van der Waals surface area contributed by atoms with E-state index < -0.39 is 17.9 Å². The minimum absolute atomic E-state index is 0.205. The summed E-state index contributed by atoms with van der Waals surface area (Å²) in [5, 5.41) is 10.7. The number of methoxy groups -OCH3 is 1. The number of fused-ring (bicyclic) bond motifs is 2. The fourth-order valence-corrected chi connectivity index (χ4v) is 4.12. The number of primary amides is 1. The lowest BCUT2D eigenvalue weighted by molar-refractivity contribution is -0.119. The molecule has 182 valence electrons. The lowest BCUT2D eigenvalue weighted by atomic mass is 10.0. The Morgan fingerprint density at radius 1 is 1.11 bits per heavy atom. The van der Waals surface area contributed by atoms with Crippen LogP contribution in [-0.2, 0) is 11.2 Å². The number of carbonyl (C=O) groups excluding carboxylic acids is 2. The van der Waals surface area contributed by atoms with Gasteiger partial charge in [0.05, 0.1) is 29.3 Å². The zero-order valence-corrected chi connectivity index (χ0v) is 19.5. The van der Waals surface area contributed by atoms with Crippen molar-refractivity contribution in [3.05, 3.63) is 83.0 Å². The van der Waals surface area contributed by atoms with Gasteiger partial charge in [-0.3, -0.25) is 14.7 Å². The van der Waals surface area contributed by atoms with Crippen LogP contribution in [0, 0.1) is 0 Å². The summed E-state index contributed by atoms with van der Waals surface area (Å²) in [5.41, 5.74) is 8.92. The molecule has 0 saturated carbocycles. The fourth-order valence-electron chi connectivity index (χ4n) is 4.12. The molecule has 0 aliphatic carbocycles. The van der Waals surface area contributed by atoms with Crippen LogP contribution in [-0.4, -0.2) is 42.0 Å². The van der Waals surface area contributed by atoms with Crippen LogP contribution in [0.4, 0.5) is 0 Å². The molecule has 0 fully saturated rings. The monoisotopic (exact) mass is 484 g/mol. The number of aromatic amines is 1. The van der Waals surface area contributed by atoms with Crippen LogP contribution in [0.3, 0.4) is 0 Å². The maximum Gasteiger partial charge on any atom is 0.255 e. The van der Waals surface area contributed by atoms with Crippen molar-refractivity contribution < 1.29 is 23.8 Å². The minimum atomic E-state index is -0.880. The number of nitrogens with zero attached hydrogens (tertiary/aromatic N) is 1. The van der Waals surface area contributed by atoms with E-state index in [4.69, 9.17) is 19.9 Å². The molecule has 5 rings (SSSR count). The van der Waals surface area contributed by atoms with Crippen LogP contribution >= 0.6 is 0 Å². The molecular weight excluding hydrogens is 460 g/mol. The van der Waals surface area contributed by atoms with Crippen LogP contribution in [0.5, 0.6) is 17.2 Å². The van der Waals surface area contributed by atoms with E-state index >= 15 is 0 Å². The largest absolute Gasteiger partial charge is 0.495 e. The van der Waals surface area contributed by atoms with E-state index in [1.54, 1.807) is 12.1 Å². The third-order valence-corrected chi connectivity index (χ3v) is 5.92. The molecule has 2 amide bonds. The number of hydrogen-bond donors (Lipinski definition) is 3. The van der Waals surface area contributed by atoms with Crippen molar-refractivity contribution in [3.63, 3.8) is 0 Å². The molecule has 1 atom stereocenters. The van der Waals surface area contributed by atoms with Crippen molar-refractivity contribution in [1.29, 1.82) is 0 Å². The Labute approximate surface area is 206 Å². The number of H-pyrrole nitrogens is 1. The van der Waals surface area contributed by atoms with Gasteiger partial charge in [-0.15, -0.1) is 0 Å². The third kappa shape index (κ3) is 4.58. The van der Waals surface area contributed by atoms with Gasteiger partial charge in [0, 0.05) is 6.42 Å². The first-order valence-corrected chi connectivity index (χ1v) is 11.3. The predicted molar refractivity (Wildman–Crippen MR) is 135 cm³/mol. The van der Waals surface area contributed by atoms with Crippen molar-refractivity contribution in [2.45, 2.75) is 12.5 Å². The summed E-state index contributed by atoms with van der Waals surface area (Å²) in [7, 11) is 1.49. The fraction of sp³-hybridized carbons (Fsp3) is 0.148. The molecule has 2 heterocycles. The number of benzene rings is 3. The molecule has 4 aromatic rings. The molecule has 0 saturated heterocycles. The standard InChI is InChI=1S/C27H24N4O5/c1-34-25-18(27(33)29-21(26(28)32)13-16-5-3-2-4-6-16)9-11-20-24(25)19(30-31-20)10-7-17-8-12-22-23(14-17)36-15-35-22/h2-12,14,21H,13,15H2,1H3,(H2,28,32)(H,29,33)(H,30,31). The van der Waals surface area contributed by atoms with Crippen molar-refractivity contribution >= 4 is 34.9 Å². The molecule has 1 aromatic heterocycles. The average molecular weight is 485 g/mol. The van der Waals surface area contributed by atoms with Gasteiger partial charge in [-0.1, -0.05) is 42.5 Å². The number of hydrogen-bond acceptors (Lipinski definition) is 6. The van der Waals surface area contributed by atoms with E-state index in [1.165, 1.54) is 7.11 Å². The smallest absolute Gasteiger partial charge is 0.255 e. The molecule has 3 aromatic carbocycles. The second kappa shape index (κ2) is 9.83. The van der Waals surface area contributed by atoms with Gasteiger partial charge in [0.25, 0.3) is 5.91 Å². The highest BCUT2D eigenvalue weighted by Gasteiger charge is 2.24. The normalized spacial score (nSPS) is 13.1. The summed E-state index contributed by atoms with van der Waals surface area (Å²) in [6, 6.07) is 17.5. The van der Waals surface area contributed by atoms with Gasteiger partial charge in [-0.2, -0.15) is 5.10 Å². The van der Waals surface area contributed by atoms with Crippen molar-refractivity contribution in [2.75, 3.05) is 13.9 Å². The average Bonchev–Trinajstić information content (AvgIpc) is 3.53. The molecule has 1 unspecified atom stereocenters. The van der Waals surface area contributed by atoms with Gasteiger partial charge in [0.1, 0.15) is 11.8 Å². The summed E-state index contributed by atoms with van der Waals surface area (Å²) < 4.78 is 16.4. The number of nitrogens with one attached hydrogen (secondary N) is 2. The summed E-state index contributed by atoms with van der Waals surface area (Å²) in [4.78, 5) is 25.3. The maximum atomic E-state index is 13.2. The molecule has 0 radical (unpaired) electrons. The number of ether oxygens (including phenoxy) is 3. The van der Waals surface area contributed by atoms with E-state index in [-0.39, 0.29) is 18.8 Å². The van der Waals surface area contributed by atoms with E-state index in [0.29, 0.717) is 33.8 Å². The Morgan fingerprint density at radius 2 is 1.92 bits per heavy atom.